The average molecular weight is 625 g/mol. The number of carbonyl (C=O) groups excluding carboxylic acids is 1. The monoisotopic (exact) mass is 624 g/mol. The molecule has 1 heterocycles. The van der Waals surface area contributed by atoms with Gasteiger partial charge in [0.2, 0.25) is 0 Å². The van der Waals surface area contributed by atoms with Gasteiger partial charge in [0.15, 0.2) is 6.29 Å². The van der Waals surface area contributed by atoms with Crippen LogP contribution in [0.2, 0.25) is 0 Å². The Morgan fingerprint density at radius 3 is 2.24 bits per heavy atom. The second kappa shape index (κ2) is 19.9. The van der Waals surface area contributed by atoms with Gasteiger partial charge in [-0.3, -0.25) is 0 Å². The Morgan fingerprint density at radius 2 is 1.62 bits per heavy atom. The molecule has 0 amide bonds. The lowest BCUT2D eigenvalue weighted by atomic mass is 9.90. The summed E-state index contributed by atoms with van der Waals surface area (Å²) in [4.78, 5) is 11.9. The summed E-state index contributed by atoms with van der Waals surface area (Å²) in [6.45, 7) is 11.9. The van der Waals surface area contributed by atoms with Crippen LogP contribution in [0.5, 0.6) is 0 Å². The van der Waals surface area contributed by atoms with E-state index in [9.17, 15) is 9.90 Å². The molecule has 1 fully saturated rings. The predicted octanol–water partition coefficient (Wildman–Crippen LogP) is 6.70. The lowest BCUT2D eigenvalue weighted by Gasteiger charge is -2.29. The third-order valence-corrected chi connectivity index (χ3v) is 8.88. The summed E-state index contributed by atoms with van der Waals surface area (Å²) in [6, 6.07) is 13.9. The van der Waals surface area contributed by atoms with E-state index in [-0.39, 0.29) is 43.0 Å². The van der Waals surface area contributed by atoms with E-state index in [1.807, 2.05) is 0 Å². The molecule has 7 heteroatoms. The molecule has 0 spiro atoms. The first-order chi connectivity index (χ1) is 21.7. The van der Waals surface area contributed by atoms with Crippen LogP contribution in [0, 0.1) is 17.8 Å². The van der Waals surface area contributed by atoms with Crippen LogP contribution in [-0.4, -0.2) is 66.7 Å². The summed E-state index contributed by atoms with van der Waals surface area (Å²) in [6.07, 6.45) is 10.7. The van der Waals surface area contributed by atoms with Crippen molar-refractivity contribution in [3.8, 4) is 0 Å². The van der Waals surface area contributed by atoms with Gasteiger partial charge in [-0.25, -0.2) is 4.79 Å². The summed E-state index contributed by atoms with van der Waals surface area (Å²) in [7, 11) is 0. The molecule has 1 saturated heterocycles. The van der Waals surface area contributed by atoms with Gasteiger partial charge in [-0.15, -0.1) is 0 Å². The second-order valence-electron chi connectivity index (χ2n) is 13.3. The summed E-state index contributed by atoms with van der Waals surface area (Å²) in [5.41, 5.74) is 3.00. The minimum Gasteiger partial charge on any atom is -0.462 e. The van der Waals surface area contributed by atoms with E-state index in [0.29, 0.717) is 5.92 Å². The van der Waals surface area contributed by atoms with Crippen LogP contribution in [0.3, 0.4) is 0 Å². The number of aliphatic hydroxyl groups is 3. The molecule has 4 atom stereocenters. The fraction of sp³-hybridized carbons (Fsp3) is 0.605. The Bertz CT molecular complexity index is 1200. The molecular formula is C38H56O7. The van der Waals surface area contributed by atoms with E-state index in [0.717, 1.165) is 63.9 Å². The largest absolute Gasteiger partial charge is 0.462 e. The topological polar surface area (TPSA) is 105 Å². The Morgan fingerprint density at radius 1 is 0.911 bits per heavy atom. The quantitative estimate of drug-likeness (QED) is 0.0467. The van der Waals surface area contributed by atoms with Crippen molar-refractivity contribution in [3.63, 3.8) is 0 Å². The molecule has 4 unspecified atom stereocenters. The van der Waals surface area contributed by atoms with Crippen LogP contribution >= 0.6 is 0 Å². The summed E-state index contributed by atoms with van der Waals surface area (Å²) < 4.78 is 17.0. The molecule has 7 nitrogen and oxygen atoms in total. The molecule has 3 N–H and O–H groups in total. The van der Waals surface area contributed by atoms with Crippen LogP contribution in [-0.2, 0) is 31.8 Å². The highest BCUT2D eigenvalue weighted by molar-refractivity contribution is 5.87. The SMILES string of the molecule is C=C(CO)C(=O)OCC(CCCCC1CCC(CCc2ccc3cc(CCCC(C)C)ccc3c2)CO1)COC(O)C(=C)CO. The molecule has 0 bridgehead atoms. The summed E-state index contributed by atoms with van der Waals surface area (Å²) >= 11 is 0. The third kappa shape index (κ3) is 13.4. The molecule has 1 aliphatic heterocycles. The highest BCUT2D eigenvalue weighted by Crippen LogP contribution is 2.27. The zero-order chi connectivity index (χ0) is 32.6. The van der Waals surface area contributed by atoms with Gasteiger partial charge in [-0.2, -0.15) is 0 Å². The number of unbranched alkanes of at least 4 members (excludes halogenated alkanes) is 1. The predicted molar refractivity (Wildman–Crippen MR) is 180 cm³/mol. The first-order valence-corrected chi connectivity index (χ1v) is 16.9. The maximum atomic E-state index is 11.9. The van der Waals surface area contributed by atoms with Gasteiger partial charge in [0.1, 0.15) is 0 Å². The summed E-state index contributed by atoms with van der Waals surface area (Å²) in [5, 5.41) is 30.9. The van der Waals surface area contributed by atoms with E-state index in [4.69, 9.17) is 24.4 Å². The van der Waals surface area contributed by atoms with E-state index < -0.39 is 18.9 Å². The summed E-state index contributed by atoms with van der Waals surface area (Å²) in [5.74, 6) is 0.558. The Hall–Kier alpha value is -2.55. The third-order valence-electron chi connectivity index (χ3n) is 8.88. The van der Waals surface area contributed by atoms with Crippen molar-refractivity contribution in [2.75, 3.05) is 33.0 Å². The van der Waals surface area contributed by atoms with Gasteiger partial charge in [0, 0.05) is 18.1 Å². The van der Waals surface area contributed by atoms with Crippen molar-refractivity contribution in [1.82, 2.24) is 0 Å². The van der Waals surface area contributed by atoms with E-state index >= 15 is 0 Å². The van der Waals surface area contributed by atoms with E-state index in [2.05, 4.69) is 63.4 Å². The maximum Gasteiger partial charge on any atom is 0.335 e. The Balaban J connectivity index is 1.35. The lowest BCUT2D eigenvalue weighted by Crippen LogP contribution is -2.26. The van der Waals surface area contributed by atoms with Crippen molar-refractivity contribution in [2.45, 2.75) is 96.9 Å². The fourth-order valence-corrected chi connectivity index (χ4v) is 5.86. The molecule has 45 heavy (non-hydrogen) atoms. The molecular weight excluding hydrogens is 568 g/mol. The number of hydrogen-bond acceptors (Lipinski definition) is 7. The average Bonchev–Trinajstić information content (AvgIpc) is 3.05. The molecule has 2 aromatic carbocycles. The van der Waals surface area contributed by atoms with Gasteiger partial charge < -0.3 is 29.5 Å². The standard InChI is InChI=1S/C38H56O7/c1-27(2)8-7-10-30-14-17-35-21-31(15-18-34(35)20-30)12-13-32-16-19-36(43-24-32)11-6-5-9-33(25-44-37(41)28(3)22-39)26-45-38(42)29(4)23-40/h14-15,17-18,20-21,27,32-33,36-37,39-41H,3-13,16,19,22-26H2,1-2H3. The molecule has 3 rings (SSSR count). The number of ether oxygens (including phenoxy) is 3. The molecule has 0 saturated carbocycles. The number of aliphatic hydroxyl groups excluding tert-OH is 3. The smallest absolute Gasteiger partial charge is 0.335 e. The number of carbonyl (C=O) groups is 1. The minimum atomic E-state index is -1.28. The maximum absolute atomic E-state index is 11.9. The zero-order valence-electron chi connectivity index (χ0n) is 27.6. The number of fused-ring (bicyclic) bond motifs is 1. The minimum absolute atomic E-state index is 0.00488. The molecule has 250 valence electrons. The second-order valence-corrected chi connectivity index (χ2v) is 13.3. The fourth-order valence-electron chi connectivity index (χ4n) is 5.86. The number of aryl methyl sites for hydroxylation is 2. The molecule has 0 radical (unpaired) electrons. The number of benzene rings is 2. The van der Waals surface area contributed by atoms with E-state index in [1.165, 1.54) is 41.2 Å². The van der Waals surface area contributed by atoms with Gasteiger partial charge in [-0.05, 0) is 85.1 Å². The highest BCUT2D eigenvalue weighted by atomic mass is 16.6. The highest BCUT2D eigenvalue weighted by Gasteiger charge is 2.22. The van der Waals surface area contributed by atoms with Crippen molar-refractivity contribution in [1.29, 1.82) is 0 Å². The van der Waals surface area contributed by atoms with Crippen LogP contribution in [0.1, 0.15) is 82.8 Å². The van der Waals surface area contributed by atoms with Crippen molar-refractivity contribution < 1.29 is 34.3 Å². The van der Waals surface area contributed by atoms with Crippen LogP contribution in [0.4, 0.5) is 0 Å². The zero-order valence-corrected chi connectivity index (χ0v) is 27.6. The van der Waals surface area contributed by atoms with Gasteiger partial charge in [0.05, 0.1) is 38.1 Å². The first kappa shape index (κ1) is 36.9. The van der Waals surface area contributed by atoms with Gasteiger partial charge >= 0.3 is 5.97 Å². The molecule has 0 aliphatic carbocycles. The number of rotatable bonds is 21. The van der Waals surface area contributed by atoms with E-state index in [1.54, 1.807) is 0 Å². The Labute approximate surface area is 270 Å². The van der Waals surface area contributed by atoms with Crippen molar-refractivity contribution in [3.05, 3.63) is 71.8 Å². The van der Waals surface area contributed by atoms with Crippen LogP contribution in [0.25, 0.3) is 10.8 Å². The molecule has 1 aliphatic rings. The van der Waals surface area contributed by atoms with Crippen LogP contribution < -0.4 is 0 Å². The van der Waals surface area contributed by atoms with Crippen molar-refractivity contribution in [2.24, 2.45) is 17.8 Å². The number of hydrogen-bond donors (Lipinski definition) is 3. The van der Waals surface area contributed by atoms with Gasteiger partial charge in [0.25, 0.3) is 0 Å². The normalized spacial score (nSPS) is 18.2. The number of esters is 1. The van der Waals surface area contributed by atoms with Crippen molar-refractivity contribution >= 4 is 16.7 Å². The lowest BCUT2D eigenvalue weighted by molar-refractivity contribution is -0.143. The van der Waals surface area contributed by atoms with Crippen LogP contribution in [0.15, 0.2) is 60.7 Å². The molecule has 2 aromatic rings. The Kier molecular flexibility index (Phi) is 16.3. The molecule has 0 aromatic heterocycles. The first-order valence-electron chi connectivity index (χ1n) is 16.9. The van der Waals surface area contributed by atoms with Gasteiger partial charge in [-0.1, -0.05) is 82.7 Å².